The topological polar surface area (TPSA) is 83.1 Å². The van der Waals surface area contributed by atoms with Crippen molar-refractivity contribution in [2.45, 2.75) is 13.1 Å². The molecule has 0 radical (unpaired) electrons. The molecule has 1 aliphatic rings. The molecule has 2 aromatic carbocycles. The third-order valence-electron chi connectivity index (χ3n) is 5.65. The number of furan rings is 1. The van der Waals surface area contributed by atoms with Crippen LogP contribution < -0.4 is 4.90 Å². The van der Waals surface area contributed by atoms with Crippen LogP contribution in [0.4, 0.5) is 11.4 Å². The molecule has 3 aromatic rings. The maximum absolute atomic E-state index is 13.2. The Morgan fingerprint density at radius 2 is 1.66 bits per heavy atom. The molecule has 1 fully saturated rings. The van der Waals surface area contributed by atoms with Gasteiger partial charge in [-0.2, -0.15) is 0 Å². The van der Waals surface area contributed by atoms with Crippen LogP contribution in [0.3, 0.4) is 0 Å². The molecule has 8 heteroatoms. The number of carbonyl (C=O) groups excluding carboxylic acids is 1. The average Bonchev–Trinajstić information content (AvgIpc) is 3.33. The summed E-state index contributed by atoms with van der Waals surface area (Å²) >= 11 is 0. The van der Waals surface area contributed by atoms with Crippen LogP contribution in [0.15, 0.2) is 77.4 Å². The highest BCUT2D eigenvalue weighted by molar-refractivity contribution is 5.78. The smallest absolute Gasteiger partial charge is 0.292 e. The number of carbonyl (C=O) groups is 1. The molecule has 0 atom stereocenters. The van der Waals surface area contributed by atoms with Gasteiger partial charge in [-0.3, -0.25) is 19.8 Å². The van der Waals surface area contributed by atoms with Gasteiger partial charge in [0, 0.05) is 38.8 Å². The molecule has 0 N–H and O–H groups in total. The quantitative estimate of drug-likeness (QED) is 0.398. The van der Waals surface area contributed by atoms with Crippen molar-refractivity contribution in [3.05, 3.63) is 94.4 Å². The number of amides is 1. The largest absolute Gasteiger partial charge is 0.467 e. The van der Waals surface area contributed by atoms with Crippen molar-refractivity contribution in [3.63, 3.8) is 0 Å². The zero-order valence-corrected chi connectivity index (χ0v) is 17.8. The Hall–Kier alpha value is -3.65. The number of hydrogen-bond donors (Lipinski definition) is 0. The lowest BCUT2D eigenvalue weighted by Crippen LogP contribution is -2.50. The van der Waals surface area contributed by atoms with Gasteiger partial charge < -0.3 is 14.2 Å². The van der Waals surface area contributed by atoms with Gasteiger partial charge in [-0.15, -0.1) is 0 Å². The number of nitro benzene ring substituents is 1. The molecular formula is C24H26N4O4. The number of rotatable bonds is 8. The highest BCUT2D eigenvalue weighted by Gasteiger charge is 2.25. The number of nitro groups is 1. The fourth-order valence-electron chi connectivity index (χ4n) is 3.95. The van der Waals surface area contributed by atoms with Gasteiger partial charge in [-0.1, -0.05) is 42.5 Å². The molecule has 0 unspecified atom stereocenters. The van der Waals surface area contributed by atoms with Crippen LogP contribution in [0, 0.1) is 10.1 Å². The Morgan fingerprint density at radius 1 is 0.938 bits per heavy atom. The van der Waals surface area contributed by atoms with Gasteiger partial charge in [-0.05, 0) is 23.8 Å². The van der Waals surface area contributed by atoms with Gasteiger partial charge in [0.05, 0.1) is 24.3 Å². The lowest BCUT2D eigenvalue weighted by molar-refractivity contribution is -0.384. The standard InChI is InChI=1S/C24H26N4O4/c29-24(27(18-21-9-6-16-32-21)17-20-7-2-1-3-8-20)19-25-12-14-26(15-13-25)22-10-4-5-11-23(22)28(30)31/h1-11,16H,12-15,17-19H2. The van der Waals surface area contributed by atoms with Crippen LogP contribution in [0.5, 0.6) is 0 Å². The normalized spacial score (nSPS) is 14.3. The summed E-state index contributed by atoms with van der Waals surface area (Å²) in [6.07, 6.45) is 1.61. The maximum atomic E-state index is 13.2. The van der Waals surface area contributed by atoms with Crippen molar-refractivity contribution in [1.29, 1.82) is 0 Å². The summed E-state index contributed by atoms with van der Waals surface area (Å²) in [5, 5.41) is 11.3. The van der Waals surface area contributed by atoms with Crippen LogP contribution in [0.2, 0.25) is 0 Å². The molecule has 1 aliphatic heterocycles. The number of piperazine rings is 1. The Bertz CT molecular complexity index is 1030. The molecule has 2 heterocycles. The van der Waals surface area contributed by atoms with Gasteiger partial charge in [0.2, 0.25) is 5.91 Å². The minimum Gasteiger partial charge on any atom is -0.467 e. The van der Waals surface area contributed by atoms with E-state index in [1.165, 1.54) is 6.07 Å². The fourth-order valence-corrected chi connectivity index (χ4v) is 3.95. The lowest BCUT2D eigenvalue weighted by Gasteiger charge is -2.36. The highest BCUT2D eigenvalue weighted by atomic mass is 16.6. The molecule has 0 aliphatic carbocycles. The van der Waals surface area contributed by atoms with E-state index in [-0.39, 0.29) is 16.5 Å². The third kappa shape index (κ3) is 5.33. The van der Waals surface area contributed by atoms with E-state index in [2.05, 4.69) is 4.90 Å². The molecule has 166 valence electrons. The van der Waals surface area contributed by atoms with E-state index >= 15 is 0 Å². The van der Waals surface area contributed by atoms with Crippen LogP contribution in [-0.4, -0.2) is 53.4 Å². The molecule has 32 heavy (non-hydrogen) atoms. The Morgan fingerprint density at radius 3 is 2.34 bits per heavy atom. The van der Waals surface area contributed by atoms with Crippen LogP contribution >= 0.6 is 0 Å². The molecule has 0 saturated carbocycles. The number of para-hydroxylation sites is 2. The molecule has 1 aromatic heterocycles. The molecule has 8 nitrogen and oxygen atoms in total. The predicted octanol–water partition coefficient (Wildman–Crippen LogP) is 3.54. The second-order valence-corrected chi connectivity index (χ2v) is 7.82. The first-order chi connectivity index (χ1) is 15.6. The highest BCUT2D eigenvalue weighted by Crippen LogP contribution is 2.28. The van der Waals surface area contributed by atoms with Crippen LogP contribution in [0.1, 0.15) is 11.3 Å². The van der Waals surface area contributed by atoms with E-state index in [0.717, 1.165) is 11.3 Å². The monoisotopic (exact) mass is 434 g/mol. The molecule has 1 saturated heterocycles. The van der Waals surface area contributed by atoms with Crippen LogP contribution in [0.25, 0.3) is 0 Å². The maximum Gasteiger partial charge on any atom is 0.292 e. The van der Waals surface area contributed by atoms with Gasteiger partial charge >= 0.3 is 0 Å². The van der Waals surface area contributed by atoms with E-state index in [1.54, 1.807) is 18.4 Å². The van der Waals surface area contributed by atoms with Crippen molar-refractivity contribution in [1.82, 2.24) is 9.80 Å². The second kappa shape index (κ2) is 10.1. The summed E-state index contributed by atoms with van der Waals surface area (Å²) in [5.41, 5.74) is 1.81. The zero-order chi connectivity index (χ0) is 22.3. The van der Waals surface area contributed by atoms with E-state index < -0.39 is 0 Å². The lowest BCUT2D eigenvalue weighted by atomic mass is 10.2. The number of nitrogens with zero attached hydrogens (tertiary/aromatic N) is 4. The van der Waals surface area contributed by atoms with Crippen molar-refractivity contribution >= 4 is 17.3 Å². The number of hydrogen-bond acceptors (Lipinski definition) is 6. The first kappa shape index (κ1) is 21.6. The second-order valence-electron chi connectivity index (χ2n) is 7.82. The zero-order valence-electron chi connectivity index (χ0n) is 17.8. The molecule has 1 amide bonds. The minimum atomic E-state index is -0.346. The van der Waals surface area contributed by atoms with E-state index in [1.807, 2.05) is 58.3 Å². The summed E-state index contributed by atoms with van der Waals surface area (Å²) in [7, 11) is 0. The Labute approximate surface area is 186 Å². The number of benzene rings is 2. The SMILES string of the molecule is O=C(CN1CCN(c2ccccc2[N+](=O)[O-])CC1)N(Cc1ccccc1)Cc1ccco1. The van der Waals surface area contributed by atoms with Crippen molar-refractivity contribution in [2.24, 2.45) is 0 Å². The molecule has 4 rings (SSSR count). The van der Waals surface area contributed by atoms with Gasteiger partial charge in [0.1, 0.15) is 11.4 Å². The summed E-state index contributed by atoms with van der Waals surface area (Å²) in [4.78, 5) is 30.1. The fraction of sp³-hybridized carbons (Fsp3) is 0.292. The number of anilines is 1. The summed E-state index contributed by atoms with van der Waals surface area (Å²) in [5.74, 6) is 0.778. The molecule has 0 spiro atoms. The average molecular weight is 434 g/mol. The van der Waals surface area contributed by atoms with Crippen molar-refractivity contribution < 1.29 is 14.1 Å². The summed E-state index contributed by atoms with van der Waals surface area (Å²) in [6, 6.07) is 20.4. The van der Waals surface area contributed by atoms with Crippen molar-refractivity contribution in [2.75, 3.05) is 37.6 Å². The van der Waals surface area contributed by atoms with Gasteiger partial charge in [-0.25, -0.2) is 0 Å². The predicted molar refractivity (Wildman–Crippen MR) is 121 cm³/mol. The van der Waals surface area contributed by atoms with Gasteiger partial charge in [0.15, 0.2) is 0 Å². The van der Waals surface area contributed by atoms with E-state index in [4.69, 9.17) is 4.42 Å². The Balaban J connectivity index is 1.38. The van der Waals surface area contributed by atoms with Gasteiger partial charge in [0.25, 0.3) is 5.69 Å². The Kier molecular flexibility index (Phi) is 6.81. The molecular weight excluding hydrogens is 408 g/mol. The summed E-state index contributed by atoms with van der Waals surface area (Å²) in [6.45, 7) is 3.82. The first-order valence-electron chi connectivity index (χ1n) is 10.6. The minimum absolute atomic E-state index is 0.0318. The van der Waals surface area contributed by atoms with Crippen LogP contribution in [-0.2, 0) is 17.9 Å². The van der Waals surface area contributed by atoms with E-state index in [9.17, 15) is 14.9 Å². The first-order valence-corrected chi connectivity index (χ1v) is 10.6. The molecule has 0 bridgehead atoms. The summed E-state index contributed by atoms with van der Waals surface area (Å²) < 4.78 is 5.47. The third-order valence-corrected chi connectivity index (χ3v) is 5.65. The van der Waals surface area contributed by atoms with Crippen molar-refractivity contribution in [3.8, 4) is 0 Å². The van der Waals surface area contributed by atoms with E-state index in [0.29, 0.717) is 51.5 Å².